The molecule has 2 rings (SSSR count). The Balaban J connectivity index is 1.93. The quantitative estimate of drug-likeness (QED) is 0.773. The van der Waals surface area contributed by atoms with Gasteiger partial charge >= 0.3 is 7.12 Å². The molecule has 5 heteroatoms. The summed E-state index contributed by atoms with van der Waals surface area (Å²) >= 11 is 0. The molecule has 4 nitrogen and oxygen atoms in total. The fourth-order valence-electron chi connectivity index (χ4n) is 1.81. The van der Waals surface area contributed by atoms with E-state index in [-0.39, 0.29) is 0 Å². The van der Waals surface area contributed by atoms with Gasteiger partial charge in [-0.05, 0) is 36.1 Å². The number of pyridine rings is 1. The third kappa shape index (κ3) is 3.81. The van der Waals surface area contributed by atoms with Crippen molar-refractivity contribution in [2.45, 2.75) is 13.3 Å². The third-order valence-corrected chi connectivity index (χ3v) is 2.84. The topological polar surface area (TPSA) is 62.6 Å². The lowest BCUT2D eigenvalue weighted by molar-refractivity contribution is 0.318. The maximum Gasteiger partial charge on any atom is 0.488 e. The Morgan fingerprint density at radius 2 is 2.05 bits per heavy atom. The molecule has 0 atom stereocenters. The van der Waals surface area contributed by atoms with Gasteiger partial charge in [0, 0.05) is 18.3 Å². The Morgan fingerprint density at radius 3 is 2.68 bits per heavy atom. The van der Waals surface area contributed by atoms with Gasteiger partial charge in [0.05, 0.1) is 6.61 Å². The normalized spacial score (nSPS) is 10.3. The summed E-state index contributed by atoms with van der Waals surface area (Å²) in [5, 5.41) is 18.1. The van der Waals surface area contributed by atoms with Crippen molar-refractivity contribution in [1.29, 1.82) is 0 Å². The predicted molar refractivity (Wildman–Crippen MR) is 74.4 cm³/mol. The van der Waals surface area contributed by atoms with E-state index in [1.807, 2.05) is 25.1 Å². The van der Waals surface area contributed by atoms with Gasteiger partial charge < -0.3 is 14.8 Å². The van der Waals surface area contributed by atoms with Crippen LogP contribution in [-0.4, -0.2) is 28.8 Å². The van der Waals surface area contributed by atoms with Crippen molar-refractivity contribution in [1.82, 2.24) is 4.98 Å². The molecule has 0 bridgehead atoms. The molecule has 0 spiro atoms. The summed E-state index contributed by atoms with van der Waals surface area (Å²) in [4.78, 5) is 4.22. The van der Waals surface area contributed by atoms with Gasteiger partial charge in [0.15, 0.2) is 0 Å². The van der Waals surface area contributed by atoms with Crippen LogP contribution < -0.4 is 10.2 Å². The molecular weight excluding hydrogens is 241 g/mol. The highest BCUT2D eigenvalue weighted by molar-refractivity contribution is 6.58. The van der Waals surface area contributed by atoms with Gasteiger partial charge in [-0.25, -0.2) is 0 Å². The number of benzene rings is 1. The first-order valence-electron chi connectivity index (χ1n) is 6.16. The van der Waals surface area contributed by atoms with Crippen LogP contribution in [0.5, 0.6) is 5.75 Å². The molecule has 0 aliphatic heterocycles. The molecule has 2 aromatic rings. The van der Waals surface area contributed by atoms with E-state index in [2.05, 4.69) is 4.98 Å². The number of ether oxygens (including phenoxy) is 1. The third-order valence-electron chi connectivity index (χ3n) is 2.84. The second-order valence-corrected chi connectivity index (χ2v) is 4.32. The van der Waals surface area contributed by atoms with Crippen molar-refractivity contribution < 1.29 is 14.8 Å². The fraction of sp³-hybridized carbons (Fsp3) is 0.214. The molecule has 2 N–H and O–H groups in total. The summed E-state index contributed by atoms with van der Waals surface area (Å²) in [6.45, 7) is 2.42. The molecule has 1 heterocycles. The molecule has 19 heavy (non-hydrogen) atoms. The van der Waals surface area contributed by atoms with Gasteiger partial charge in [-0.3, -0.25) is 4.98 Å². The van der Waals surface area contributed by atoms with E-state index in [0.717, 1.165) is 23.4 Å². The van der Waals surface area contributed by atoms with Crippen molar-refractivity contribution in [3.63, 3.8) is 0 Å². The summed E-state index contributed by atoms with van der Waals surface area (Å²) < 4.78 is 5.67. The largest absolute Gasteiger partial charge is 0.493 e. The SMILES string of the molecule is Cc1cc(B(O)O)ccc1OCCc1ccccn1. The zero-order valence-electron chi connectivity index (χ0n) is 10.8. The maximum atomic E-state index is 9.07. The highest BCUT2D eigenvalue weighted by Crippen LogP contribution is 2.15. The molecule has 0 unspecified atom stereocenters. The van der Waals surface area contributed by atoms with Gasteiger partial charge in [0.25, 0.3) is 0 Å². The zero-order valence-corrected chi connectivity index (χ0v) is 10.8. The Bertz CT molecular complexity index is 531. The van der Waals surface area contributed by atoms with Gasteiger partial charge in [0.2, 0.25) is 0 Å². The Kier molecular flexibility index (Phi) is 4.55. The van der Waals surface area contributed by atoms with Gasteiger partial charge in [-0.2, -0.15) is 0 Å². The smallest absolute Gasteiger partial charge is 0.488 e. The van der Waals surface area contributed by atoms with Crippen LogP contribution in [0.2, 0.25) is 0 Å². The van der Waals surface area contributed by atoms with Gasteiger partial charge in [-0.1, -0.05) is 18.2 Å². The average molecular weight is 257 g/mol. The van der Waals surface area contributed by atoms with Crippen molar-refractivity contribution in [2.75, 3.05) is 6.61 Å². The van der Waals surface area contributed by atoms with Crippen molar-refractivity contribution in [2.24, 2.45) is 0 Å². The molecule has 1 aromatic carbocycles. The number of aromatic nitrogens is 1. The molecule has 0 aliphatic rings. The number of rotatable bonds is 5. The lowest BCUT2D eigenvalue weighted by atomic mass is 9.79. The summed E-state index contributed by atoms with van der Waals surface area (Å²) in [6.07, 6.45) is 2.50. The number of hydrogen-bond acceptors (Lipinski definition) is 4. The van der Waals surface area contributed by atoms with E-state index in [0.29, 0.717) is 12.1 Å². The van der Waals surface area contributed by atoms with Crippen LogP contribution in [-0.2, 0) is 6.42 Å². The van der Waals surface area contributed by atoms with Crippen molar-refractivity contribution in [3.05, 3.63) is 53.9 Å². The second-order valence-electron chi connectivity index (χ2n) is 4.32. The first kappa shape index (κ1) is 13.6. The van der Waals surface area contributed by atoms with E-state index in [1.165, 1.54) is 0 Å². The molecule has 0 radical (unpaired) electrons. The molecule has 0 amide bonds. The Labute approximate surface area is 112 Å². The van der Waals surface area contributed by atoms with E-state index >= 15 is 0 Å². The molecule has 0 saturated carbocycles. The fourth-order valence-corrected chi connectivity index (χ4v) is 1.81. The van der Waals surface area contributed by atoms with Crippen LogP contribution in [0, 0.1) is 6.92 Å². The van der Waals surface area contributed by atoms with Crippen LogP contribution in [0.15, 0.2) is 42.6 Å². The lowest BCUT2D eigenvalue weighted by Crippen LogP contribution is -2.29. The first-order valence-corrected chi connectivity index (χ1v) is 6.16. The van der Waals surface area contributed by atoms with E-state index in [4.69, 9.17) is 14.8 Å². The second kappa shape index (κ2) is 6.36. The average Bonchev–Trinajstić information content (AvgIpc) is 2.41. The standard InChI is InChI=1S/C14H16BNO3/c1-11-10-12(15(17)18)5-6-14(11)19-9-7-13-4-2-3-8-16-13/h2-6,8,10,17-18H,7,9H2,1H3. The van der Waals surface area contributed by atoms with Crippen LogP contribution in [0.3, 0.4) is 0 Å². The summed E-state index contributed by atoms with van der Waals surface area (Å²) in [7, 11) is -1.44. The van der Waals surface area contributed by atoms with E-state index < -0.39 is 7.12 Å². The Morgan fingerprint density at radius 1 is 1.21 bits per heavy atom. The van der Waals surface area contributed by atoms with E-state index in [9.17, 15) is 0 Å². The molecule has 0 saturated heterocycles. The highest BCUT2D eigenvalue weighted by atomic mass is 16.5. The van der Waals surface area contributed by atoms with Crippen LogP contribution >= 0.6 is 0 Å². The summed E-state index contributed by atoms with van der Waals surface area (Å²) in [5.74, 6) is 0.750. The predicted octanol–water partition coefficient (Wildman–Crippen LogP) is 0.691. The molecule has 0 fully saturated rings. The molecule has 0 aliphatic carbocycles. The van der Waals surface area contributed by atoms with Crippen molar-refractivity contribution >= 4 is 12.6 Å². The Hall–Kier alpha value is -1.85. The summed E-state index contributed by atoms with van der Waals surface area (Å²) in [6, 6.07) is 10.9. The highest BCUT2D eigenvalue weighted by Gasteiger charge is 2.12. The number of nitrogens with zero attached hydrogens (tertiary/aromatic N) is 1. The molecule has 98 valence electrons. The number of hydrogen-bond donors (Lipinski definition) is 2. The monoisotopic (exact) mass is 257 g/mol. The molecule has 1 aromatic heterocycles. The van der Waals surface area contributed by atoms with E-state index in [1.54, 1.807) is 24.4 Å². The maximum absolute atomic E-state index is 9.07. The lowest BCUT2D eigenvalue weighted by Gasteiger charge is -2.10. The first-order chi connectivity index (χ1) is 9.16. The minimum atomic E-state index is -1.44. The zero-order chi connectivity index (χ0) is 13.7. The van der Waals surface area contributed by atoms with Gasteiger partial charge in [-0.15, -0.1) is 0 Å². The van der Waals surface area contributed by atoms with Crippen LogP contribution in [0.4, 0.5) is 0 Å². The minimum absolute atomic E-state index is 0.467. The minimum Gasteiger partial charge on any atom is -0.493 e. The number of aryl methyl sites for hydroxylation is 1. The molecular formula is C14H16BNO3. The van der Waals surface area contributed by atoms with Crippen molar-refractivity contribution in [3.8, 4) is 5.75 Å². The summed E-state index contributed by atoms with van der Waals surface area (Å²) in [5.41, 5.74) is 2.34. The van der Waals surface area contributed by atoms with Crippen LogP contribution in [0.1, 0.15) is 11.3 Å². The van der Waals surface area contributed by atoms with Crippen LogP contribution in [0.25, 0.3) is 0 Å². The van der Waals surface area contributed by atoms with Gasteiger partial charge in [0.1, 0.15) is 5.75 Å².